The first-order valence-corrected chi connectivity index (χ1v) is 20.9. The van der Waals surface area contributed by atoms with Crippen molar-refractivity contribution < 1.29 is 42.8 Å². The molecule has 0 aliphatic heterocycles. The Balaban J connectivity index is 4.59. The molecule has 0 bridgehead atoms. The summed E-state index contributed by atoms with van der Waals surface area (Å²) in [6.07, 6.45) is 0.472. The summed E-state index contributed by atoms with van der Waals surface area (Å²) in [5.41, 5.74) is 0. The second-order valence-electron chi connectivity index (χ2n) is 6.90. The molecule has 0 aromatic carbocycles. The average Bonchev–Trinajstić information content (AvgIpc) is 2.78. The van der Waals surface area contributed by atoms with Crippen molar-refractivity contribution in [1.82, 2.24) is 0 Å². The topological polar surface area (TPSA) is 107 Å². The molecule has 0 saturated carbocycles. The van der Waals surface area contributed by atoms with Gasteiger partial charge in [0.1, 0.15) is 0 Å². The van der Waals surface area contributed by atoms with Crippen molar-refractivity contribution in [1.29, 1.82) is 0 Å². The van der Waals surface area contributed by atoms with Crippen LogP contribution < -0.4 is 0 Å². The predicted molar refractivity (Wildman–Crippen MR) is 122 cm³/mol. The van der Waals surface area contributed by atoms with E-state index >= 15 is 0 Å². The van der Waals surface area contributed by atoms with Gasteiger partial charge in [-0.15, -0.1) is 0 Å². The van der Waals surface area contributed by atoms with Crippen LogP contribution in [0.4, 0.5) is 0 Å². The fourth-order valence-corrected chi connectivity index (χ4v) is 12.3. The second kappa shape index (κ2) is 20.9. The van der Waals surface area contributed by atoms with Crippen molar-refractivity contribution >= 4 is 44.1 Å². The van der Waals surface area contributed by atoms with E-state index in [1.54, 1.807) is 0 Å². The molecule has 0 heterocycles. The maximum absolute atomic E-state index is 12.0. The molecule has 11 heteroatoms. The van der Waals surface area contributed by atoms with Gasteiger partial charge in [0.05, 0.1) is 0 Å². The molecule has 0 N–H and O–H groups in total. The zero-order valence-corrected chi connectivity index (χ0v) is 23.3. The van der Waals surface area contributed by atoms with E-state index in [1.165, 1.54) is 0 Å². The van der Waals surface area contributed by atoms with E-state index in [9.17, 15) is 14.4 Å². The van der Waals surface area contributed by atoms with Crippen LogP contribution in [0.2, 0.25) is 13.3 Å². The third-order valence-corrected chi connectivity index (χ3v) is 18.0. The van der Waals surface area contributed by atoms with E-state index in [0.29, 0.717) is 53.0 Å². The molecule has 0 spiro atoms. The molecule has 0 aliphatic rings. The fourth-order valence-electron chi connectivity index (χ4n) is 2.65. The second-order valence-corrected chi connectivity index (χ2v) is 23.1. The first kappa shape index (κ1) is 31.4. The molecular formula is C21H39ClO9Sn. The quantitative estimate of drug-likeness (QED) is 0.0864. The van der Waals surface area contributed by atoms with Crippen LogP contribution in [-0.2, 0) is 42.8 Å². The van der Waals surface area contributed by atoms with Crippen molar-refractivity contribution in [2.75, 3.05) is 59.5 Å². The van der Waals surface area contributed by atoms with Crippen LogP contribution in [0, 0.1) is 0 Å². The summed E-state index contributed by atoms with van der Waals surface area (Å²) in [6, 6.07) is 0. The van der Waals surface area contributed by atoms with Gasteiger partial charge in [-0.05, 0) is 0 Å². The number of esters is 3. The molecule has 0 unspecified atom stereocenters. The van der Waals surface area contributed by atoms with Crippen molar-refractivity contribution in [2.24, 2.45) is 0 Å². The number of carbonyl (C=O) groups excluding carboxylic acids is 3. The molecule has 0 amide bonds. The van der Waals surface area contributed by atoms with Gasteiger partial charge in [-0.2, -0.15) is 0 Å². The Morgan fingerprint density at radius 2 is 0.844 bits per heavy atom. The van der Waals surface area contributed by atoms with E-state index in [1.807, 2.05) is 20.8 Å². The molecule has 0 atom stereocenters. The zero-order valence-electron chi connectivity index (χ0n) is 19.7. The van der Waals surface area contributed by atoms with Crippen LogP contribution in [0.15, 0.2) is 0 Å². The molecule has 0 radical (unpaired) electrons. The van der Waals surface area contributed by atoms with Crippen molar-refractivity contribution in [3.05, 3.63) is 0 Å². The molecule has 0 aliphatic carbocycles. The van der Waals surface area contributed by atoms with Gasteiger partial charge in [0, 0.05) is 0 Å². The van der Waals surface area contributed by atoms with Crippen LogP contribution >= 0.6 is 8.92 Å². The molecule has 0 aromatic heterocycles. The number of halogens is 1. The average molecular weight is 590 g/mol. The zero-order chi connectivity index (χ0) is 24.1. The first-order chi connectivity index (χ1) is 15.4. The maximum atomic E-state index is 12.0. The van der Waals surface area contributed by atoms with Gasteiger partial charge in [-0.3, -0.25) is 0 Å². The van der Waals surface area contributed by atoms with Gasteiger partial charge in [0.2, 0.25) is 0 Å². The van der Waals surface area contributed by atoms with Gasteiger partial charge < -0.3 is 0 Å². The molecule has 0 saturated heterocycles. The number of rotatable bonds is 21. The summed E-state index contributed by atoms with van der Waals surface area (Å²) in [7, 11) is 6.94. The number of hydrogen-bond acceptors (Lipinski definition) is 9. The Labute approximate surface area is 199 Å². The monoisotopic (exact) mass is 590 g/mol. The number of hydrogen-bond donors (Lipinski definition) is 0. The van der Waals surface area contributed by atoms with Crippen molar-refractivity contribution in [3.8, 4) is 0 Å². The Morgan fingerprint density at radius 1 is 0.562 bits per heavy atom. The molecule has 9 nitrogen and oxygen atoms in total. The standard InChI is InChI=1S/3C7H13O3.ClH.Sn/c3*1-3-7(8)10-6-5-9-4-2;;/h3*1,3-6H2,2H3;1H;/q;;;;+1/p-1. The van der Waals surface area contributed by atoms with Crippen molar-refractivity contribution in [2.45, 2.75) is 53.3 Å². The Bertz CT molecular complexity index is 450. The summed E-state index contributed by atoms with van der Waals surface area (Å²) in [4.78, 5) is 36.1. The van der Waals surface area contributed by atoms with Gasteiger partial charge in [0.15, 0.2) is 0 Å². The van der Waals surface area contributed by atoms with Gasteiger partial charge >= 0.3 is 200 Å². The molecular weight excluding hydrogens is 550 g/mol. The Morgan fingerprint density at radius 3 is 1.09 bits per heavy atom. The van der Waals surface area contributed by atoms with E-state index < -0.39 is 17.3 Å². The Kier molecular flexibility index (Phi) is 20.5. The Hall–Kier alpha value is -0.621. The van der Waals surface area contributed by atoms with Crippen LogP contribution in [0.1, 0.15) is 40.0 Å². The molecule has 188 valence electrons. The molecule has 0 rings (SSSR count). The van der Waals surface area contributed by atoms with Gasteiger partial charge in [-0.25, -0.2) is 0 Å². The van der Waals surface area contributed by atoms with Gasteiger partial charge in [0.25, 0.3) is 0 Å². The van der Waals surface area contributed by atoms with Crippen LogP contribution in [0.25, 0.3) is 0 Å². The van der Waals surface area contributed by atoms with Crippen LogP contribution in [-0.4, -0.2) is 94.6 Å². The summed E-state index contributed by atoms with van der Waals surface area (Å²) < 4.78 is 32.2. The minimum atomic E-state index is -3.48. The van der Waals surface area contributed by atoms with E-state index in [0.717, 1.165) is 0 Å². The van der Waals surface area contributed by atoms with E-state index in [2.05, 4.69) is 0 Å². The van der Waals surface area contributed by atoms with Crippen LogP contribution in [0.5, 0.6) is 0 Å². The number of ether oxygens (including phenoxy) is 6. The number of carbonyl (C=O) groups is 3. The third-order valence-electron chi connectivity index (χ3n) is 4.42. The molecule has 32 heavy (non-hydrogen) atoms. The molecule has 0 fully saturated rings. The first-order valence-electron chi connectivity index (χ1n) is 11.3. The summed E-state index contributed by atoms with van der Waals surface area (Å²) in [6.45, 7) is 8.86. The summed E-state index contributed by atoms with van der Waals surface area (Å²) >= 11 is -3.48. The molecule has 0 aromatic rings. The van der Waals surface area contributed by atoms with E-state index in [-0.39, 0.29) is 57.0 Å². The van der Waals surface area contributed by atoms with Crippen molar-refractivity contribution in [3.63, 3.8) is 0 Å². The predicted octanol–water partition coefficient (Wildman–Crippen LogP) is 3.08. The summed E-state index contributed by atoms with van der Waals surface area (Å²) in [5, 5.41) is 0. The van der Waals surface area contributed by atoms with Crippen LogP contribution in [0.3, 0.4) is 0 Å². The normalized spacial score (nSPS) is 11.2. The van der Waals surface area contributed by atoms with E-state index in [4.69, 9.17) is 37.3 Å². The fraction of sp³-hybridized carbons (Fsp3) is 0.857. The SMILES string of the molecule is CCOCCOC(=O)C[CH2][Sn]([Cl])([CH2]CC(=O)OCCOCC)[CH2]CC(=O)OCCOCC. The minimum absolute atomic E-state index is 0.157. The van der Waals surface area contributed by atoms with Gasteiger partial charge in [-0.1, -0.05) is 0 Å². The summed E-state index contributed by atoms with van der Waals surface area (Å²) in [5.74, 6) is -1.07. The third kappa shape index (κ3) is 18.9.